The largest absolute Gasteiger partial charge is 0.462 e. The van der Waals surface area contributed by atoms with Crippen LogP contribution in [0.4, 0.5) is 0 Å². The van der Waals surface area contributed by atoms with Gasteiger partial charge in [0.2, 0.25) is 0 Å². The minimum atomic E-state index is -0.779. The van der Waals surface area contributed by atoms with Crippen molar-refractivity contribution < 1.29 is 28.6 Å². The number of carbonyl (C=O) groups is 3. The summed E-state index contributed by atoms with van der Waals surface area (Å²) in [5.41, 5.74) is 0. The van der Waals surface area contributed by atoms with Crippen molar-refractivity contribution in [3.05, 3.63) is 85.1 Å². The molecule has 0 radical (unpaired) electrons. The van der Waals surface area contributed by atoms with Crippen LogP contribution in [0.15, 0.2) is 85.1 Å². The minimum Gasteiger partial charge on any atom is -0.462 e. The highest BCUT2D eigenvalue weighted by atomic mass is 16.6. The molecule has 6 heteroatoms. The summed E-state index contributed by atoms with van der Waals surface area (Å²) in [5, 5.41) is 0. The maximum absolute atomic E-state index is 12.9. The Bertz CT molecular complexity index is 1500. The van der Waals surface area contributed by atoms with Gasteiger partial charge in [0.05, 0.1) is 0 Å². The lowest BCUT2D eigenvalue weighted by atomic mass is 10.0. The molecule has 79 heavy (non-hydrogen) atoms. The fraction of sp³-hybridized carbons (Fsp3) is 0.767. The number of allylic oxidation sites excluding steroid dienone is 14. The van der Waals surface area contributed by atoms with E-state index in [-0.39, 0.29) is 31.1 Å². The molecule has 456 valence electrons. The van der Waals surface area contributed by atoms with Gasteiger partial charge < -0.3 is 14.2 Å². The van der Waals surface area contributed by atoms with Gasteiger partial charge in [-0.1, -0.05) is 331 Å². The molecule has 0 rings (SSSR count). The molecule has 0 aromatic rings. The zero-order chi connectivity index (χ0) is 57.1. The zero-order valence-corrected chi connectivity index (χ0v) is 52.4. The molecule has 0 amide bonds. The van der Waals surface area contributed by atoms with Crippen LogP contribution in [0.2, 0.25) is 0 Å². The number of hydrogen-bond donors (Lipinski definition) is 0. The second kappa shape index (κ2) is 67.1. The molecule has 1 unspecified atom stereocenters. The molecular formula is C73H128O6. The van der Waals surface area contributed by atoms with E-state index in [1.54, 1.807) is 0 Å². The van der Waals surface area contributed by atoms with Gasteiger partial charge in [0.15, 0.2) is 6.10 Å². The third-order valence-electron chi connectivity index (χ3n) is 14.9. The van der Waals surface area contributed by atoms with Gasteiger partial charge in [-0.25, -0.2) is 0 Å². The van der Waals surface area contributed by atoms with Gasteiger partial charge >= 0.3 is 17.9 Å². The van der Waals surface area contributed by atoms with Crippen molar-refractivity contribution in [2.45, 2.75) is 348 Å². The monoisotopic (exact) mass is 1100 g/mol. The Hall–Kier alpha value is -3.41. The molecule has 0 aliphatic carbocycles. The van der Waals surface area contributed by atoms with Crippen molar-refractivity contribution in [2.24, 2.45) is 0 Å². The Morgan fingerprint density at radius 3 is 0.772 bits per heavy atom. The van der Waals surface area contributed by atoms with Crippen molar-refractivity contribution >= 4 is 17.9 Å². The van der Waals surface area contributed by atoms with Gasteiger partial charge in [-0.05, 0) is 77.0 Å². The third kappa shape index (κ3) is 65.3. The van der Waals surface area contributed by atoms with Crippen LogP contribution in [0, 0.1) is 0 Å². The average Bonchev–Trinajstić information content (AvgIpc) is 3.45. The number of ether oxygens (including phenoxy) is 3. The predicted octanol–water partition coefficient (Wildman–Crippen LogP) is 23.4. The summed E-state index contributed by atoms with van der Waals surface area (Å²) in [6.45, 7) is 6.57. The lowest BCUT2D eigenvalue weighted by Gasteiger charge is -2.18. The smallest absolute Gasteiger partial charge is 0.306 e. The first kappa shape index (κ1) is 75.6. The van der Waals surface area contributed by atoms with E-state index in [1.807, 2.05) is 0 Å². The lowest BCUT2D eigenvalue weighted by molar-refractivity contribution is -0.167. The summed E-state index contributed by atoms with van der Waals surface area (Å²) in [7, 11) is 0. The number of rotatable bonds is 62. The highest BCUT2D eigenvalue weighted by Gasteiger charge is 2.19. The zero-order valence-electron chi connectivity index (χ0n) is 52.4. The lowest BCUT2D eigenvalue weighted by Crippen LogP contribution is -2.30. The van der Waals surface area contributed by atoms with E-state index in [2.05, 4.69) is 106 Å². The van der Waals surface area contributed by atoms with Crippen molar-refractivity contribution in [3.63, 3.8) is 0 Å². The summed E-state index contributed by atoms with van der Waals surface area (Å²) >= 11 is 0. The van der Waals surface area contributed by atoms with E-state index < -0.39 is 6.10 Å². The van der Waals surface area contributed by atoms with E-state index in [0.29, 0.717) is 19.3 Å². The number of hydrogen-bond acceptors (Lipinski definition) is 6. The molecular weight excluding hydrogens is 973 g/mol. The Morgan fingerprint density at radius 2 is 0.494 bits per heavy atom. The maximum atomic E-state index is 12.9. The van der Waals surface area contributed by atoms with Gasteiger partial charge in [-0.2, -0.15) is 0 Å². The number of esters is 3. The van der Waals surface area contributed by atoms with E-state index in [9.17, 15) is 14.4 Å². The van der Waals surface area contributed by atoms with Crippen LogP contribution in [0.1, 0.15) is 342 Å². The SMILES string of the molecule is CC/C=C\C/C=C\C/C=C\C/C=C\C/C=C\C/C=C\C/C=C\CCCCCCCCCC(=O)OCC(COC(=O)CCCCCCCCCCCCCCCCC)OC(=O)CCCCCCCCCCCCCCCCCCC. The van der Waals surface area contributed by atoms with Crippen molar-refractivity contribution in [1.82, 2.24) is 0 Å². The molecule has 0 aromatic carbocycles. The van der Waals surface area contributed by atoms with Crippen LogP contribution in [0.25, 0.3) is 0 Å². The van der Waals surface area contributed by atoms with Gasteiger partial charge in [-0.3, -0.25) is 14.4 Å². The van der Waals surface area contributed by atoms with Crippen LogP contribution in [0.5, 0.6) is 0 Å². The fourth-order valence-corrected chi connectivity index (χ4v) is 9.84. The summed E-state index contributed by atoms with van der Waals surface area (Å²) in [6.07, 6.45) is 88.8. The second-order valence-corrected chi connectivity index (χ2v) is 22.7. The van der Waals surface area contributed by atoms with Gasteiger partial charge in [0.25, 0.3) is 0 Å². The third-order valence-corrected chi connectivity index (χ3v) is 14.9. The molecule has 1 atom stereocenters. The van der Waals surface area contributed by atoms with E-state index in [0.717, 1.165) is 109 Å². The first-order chi connectivity index (χ1) is 39.0. The molecule has 0 heterocycles. The topological polar surface area (TPSA) is 78.9 Å². The van der Waals surface area contributed by atoms with Gasteiger partial charge in [0, 0.05) is 19.3 Å². The highest BCUT2D eigenvalue weighted by Crippen LogP contribution is 2.17. The van der Waals surface area contributed by atoms with E-state index >= 15 is 0 Å². The Labute approximate surface area is 490 Å². The Morgan fingerprint density at radius 1 is 0.266 bits per heavy atom. The Balaban J connectivity index is 4.32. The molecule has 0 N–H and O–H groups in total. The molecule has 0 fully saturated rings. The summed E-state index contributed by atoms with van der Waals surface area (Å²) in [5.74, 6) is -0.866. The molecule has 0 aromatic heterocycles. The highest BCUT2D eigenvalue weighted by molar-refractivity contribution is 5.71. The van der Waals surface area contributed by atoms with E-state index in [1.165, 1.54) is 193 Å². The molecule has 6 nitrogen and oxygen atoms in total. The van der Waals surface area contributed by atoms with Crippen LogP contribution < -0.4 is 0 Å². The molecule has 0 bridgehead atoms. The van der Waals surface area contributed by atoms with Gasteiger partial charge in [-0.15, -0.1) is 0 Å². The average molecular weight is 1100 g/mol. The van der Waals surface area contributed by atoms with Crippen LogP contribution >= 0.6 is 0 Å². The van der Waals surface area contributed by atoms with Crippen LogP contribution in [-0.4, -0.2) is 37.2 Å². The van der Waals surface area contributed by atoms with Crippen LogP contribution in [0.3, 0.4) is 0 Å². The van der Waals surface area contributed by atoms with Crippen molar-refractivity contribution in [2.75, 3.05) is 13.2 Å². The van der Waals surface area contributed by atoms with E-state index in [4.69, 9.17) is 14.2 Å². The summed E-state index contributed by atoms with van der Waals surface area (Å²) < 4.78 is 17.0. The Kier molecular flexibility index (Phi) is 64.2. The second-order valence-electron chi connectivity index (χ2n) is 22.7. The fourth-order valence-electron chi connectivity index (χ4n) is 9.84. The summed E-state index contributed by atoms with van der Waals surface area (Å²) in [4.78, 5) is 38.4. The first-order valence-corrected chi connectivity index (χ1v) is 34.1. The standard InChI is InChI=1S/C73H128O6/c1-4-7-10-13-16-19-22-25-28-30-31-32-33-34-35-36-37-38-39-40-41-43-45-48-51-54-57-60-63-66-72(75)78-69-70(68-77-71(74)65-62-59-56-53-50-47-44-27-24-21-18-15-12-9-6-3)79-73(76)67-64-61-58-55-52-49-46-42-29-26-23-20-17-14-11-8-5-2/h7,10,16,19,25,28,31-32,34-35,37-38,40-41,70H,4-6,8-9,11-15,17-18,20-24,26-27,29-30,33,36,39,42-69H2,1-3H3/b10-7-,19-16-,28-25-,32-31-,35-34-,38-37-,41-40-. The number of carbonyl (C=O) groups excluding carboxylic acids is 3. The predicted molar refractivity (Wildman–Crippen MR) is 344 cm³/mol. The number of unbranched alkanes of at least 4 members (excludes halogenated alkanes) is 37. The molecule has 0 spiro atoms. The van der Waals surface area contributed by atoms with Crippen molar-refractivity contribution in [1.29, 1.82) is 0 Å². The van der Waals surface area contributed by atoms with Crippen LogP contribution in [-0.2, 0) is 28.6 Å². The summed E-state index contributed by atoms with van der Waals surface area (Å²) in [6, 6.07) is 0. The quantitative estimate of drug-likeness (QED) is 0.0261. The minimum absolute atomic E-state index is 0.0745. The van der Waals surface area contributed by atoms with Gasteiger partial charge in [0.1, 0.15) is 13.2 Å². The first-order valence-electron chi connectivity index (χ1n) is 34.1. The maximum Gasteiger partial charge on any atom is 0.306 e. The molecule has 0 aliphatic heterocycles. The normalized spacial score (nSPS) is 12.6. The molecule has 0 saturated carbocycles. The van der Waals surface area contributed by atoms with Crippen molar-refractivity contribution in [3.8, 4) is 0 Å². The molecule has 0 saturated heterocycles. The molecule has 0 aliphatic rings.